The van der Waals surface area contributed by atoms with Crippen molar-refractivity contribution in [1.82, 2.24) is 0 Å². The molecule has 0 bridgehead atoms. The van der Waals surface area contributed by atoms with Gasteiger partial charge in [0.15, 0.2) is 0 Å². The van der Waals surface area contributed by atoms with Crippen LogP contribution in [0.5, 0.6) is 0 Å². The number of anilines is 1. The molecule has 0 radical (unpaired) electrons. The number of carbonyl (C=O) groups excluding carboxylic acids is 1. The first kappa shape index (κ1) is 13.0. The fraction of sp³-hybridized carbons (Fsp3) is 0.133. The van der Waals surface area contributed by atoms with Crippen LogP contribution >= 0.6 is 0 Å². The predicted octanol–water partition coefficient (Wildman–Crippen LogP) is 3.70. The Balaban J connectivity index is 2.69. The second-order valence-corrected chi connectivity index (χ2v) is 3.45. The number of amides is 1. The van der Waals surface area contributed by atoms with Crippen molar-refractivity contribution in [3.05, 3.63) is 66.3 Å². The Morgan fingerprint density at radius 3 is 2.41 bits per heavy atom. The highest BCUT2D eigenvalue weighted by Gasteiger charge is 2.04. The summed E-state index contributed by atoms with van der Waals surface area (Å²) in [5.41, 5.74) is 1.45. The zero-order chi connectivity index (χ0) is 12.5. The van der Waals surface area contributed by atoms with Crippen LogP contribution < -0.4 is 5.32 Å². The molecule has 0 aliphatic rings. The number of hydrogen-bond donors (Lipinski definition) is 1. The molecule has 0 saturated heterocycles. The molecule has 17 heavy (non-hydrogen) atoms. The molecule has 0 fully saturated rings. The Morgan fingerprint density at radius 2 is 1.82 bits per heavy atom. The lowest BCUT2D eigenvalue weighted by atomic mass is 10.2. The minimum absolute atomic E-state index is 0.0977. The van der Waals surface area contributed by atoms with Gasteiger partial charge < -0.3 is 5.32 Å². The summed E-state index contributed by atoms with van der Waals surface area (Å²) in [6.07, 6.45) is 9.23. The summed E-state index contributed by atoms with van der Waals surface area (Å²) in [5, 5.41) is 2.84. The Hall–Kier alpha value is -2.09. The van der Waals surface area contributed by atoms with Crippen molar-refractivity contribution in [1.29, 1.82) is 0 Å². The number of carbonyl (C=O) groups is 1. The van der Waals surface area contributed by atoms with E-state index in [1.807, 2.05) is 62.4 Å². The molecule has 0 unspecified atom stereocenters. The van der Waals surface area contributed by atoms with Crippen molar-refractivity contribution in [2.45, 2.75) is 13.8 Å². The lowest BCUT2D eigenvalue weighted by molar-refractivity contribution is -0.112. The number of allylic oxidation sites excluding steroid dienone is 4. The largest absolute Gasteiger partial charge is 0.322 e. The summed E-state index contributed by atoms with van der Waals surface area (Å²) in [6, 6.07) is 9.42. The van der Waals surface area contributed by atoms with Crippen LogP contribution in [-0.2, 0) is 4.79 Å². The van der Waals surface area contributed by atoms with Gasteiger partial charge in [-0.1, -0.05) is 42.5 Å². The monoisotopic (exact) mass is 227 g/mol. The van der Waals surface area contributed by atoms with E-state index >= 15 is 0 Å². The highest BCUT2D eigenvalue weighted by atomic mass is 16.1. The van der Waals surface area contributed by atoms with Crippen molar-refractivity contribution < 1.29 is 4.79 Å². The second-order valence-electron chi connectivity index (χ2n) is 3.45. The lowest BCUT2D eigenvalue weighted by Gasteiger charge is -2.04. The first-order chi connectivity index (χ1) is 8.27. The molecule has 0 aliphatic carbocycles. The fourth-order valence-electron chi connectivity index (χ4n) is 1.30. The smallest absolute Gasteiger partial charge is 0.255 e. The van der Waals surface area contributed by atoms with Gasteiger partial charge in [0.05, 0.1) is 0 Å². The Labute approximate surface area is 102 Å². The highest BCUT2D eigenvalue weighted by Crippen LogP contribution is 2.08. The molecule has 1 N–H and O–H groups in total. The van der Waals surface area contributed by atoms with Gasteiger partial charge in [-0.05, 0) is 32.1 Å². The first-order valence-corrected chi connectivity index (χ1v) is 5.60. The fourth-order valence-corrected chi connectivity index (χ4v) is 1.30. The zero-order valence-electron chi connectivity index (χ0n) is 10.2. The van der Waals surface area contributed by atoms with Gasteiger partial charge in [0.2, 0.25) is 0 Å². The molecule has 1 amide bonds. The molecule has 0 spiro atoms. The average Bonchev–Trinajstić information content (AvgIpc) is 2.36. The minimum atomic E-state index is -0.0977. The average molecular weight is 227 g/mol. The summed E-state index contributed by atoms with van der Waals surface area (Å²) in [5.74, 6) is -0.0977. The van der Waals surface area contributed by atoms with E-state index in [1.54, 1.807) is 12.2 Å². The molecule has 1 rings (SSSR count). The summed E-state index contributed by atoms with van der Waals surface area (Å²) in [7, 11) is 0. The summed E-state index contributed by atoms with van der Waals surface area (Å²) < 4.78 is 0. The van der Waals surface area contributed by atoms with E-state index in [0.717, 1.165) is 5.69 Å². The number of para-hydroxylation sites is 1. The summed E-state index contributed by atoms with van der Waals surface area (Å²) in [6.45, 7) is 3.78. The summed E-state index contributed by atoms with van der Waals surface area (Å²) >= 11 is 0. The maximum absolute atomic E-state index is 11.9. The van der Waals surface area contributed by atoms with Crippen molar-refractivity contribution >= 4 is 11.6 Å². The van der Waals surface area contributed by atoms with Gasteiger partial charge in [-0.15, -0.1) is 0 Å². The van der Waals surface area contributed by atoms with E-state index in [0.29, 0.717) is 5.57 Å². The molecule has 0 aromatic heterocycles. The molecule has 0 aliphatic heterocycles. The molecule has 1 aromatic carbocycles. The lowest BCUT2D eigenvalue weighted by Crippen LogP contribution is -2.12. The van der Waals surface area contributed by atoms with Crippen LogP contribution in [0.4, 0.5) is 5.69 Å². The van der Waals surface area contributed by atoms with Gasteiger partial charge in [0.1, 0.15) is 0 Å². The number of benzene rings is 1. The van der Waals surface area contributed by atoms with Crippen molar-refractivity contribution in [3.63, 3.8) is 0 Å². The standard InChI is InChI=1S/C15H17NO/c1-3-5-7-10-13(4-2)15(17)16-14-11-8-6-9-12-14/h3-12H,1-2H3,(H,16,17)/b5-3-,10-7-,13-4+. The van der Waals surface area contributed by atoms with Crippen LogP contribution in [-0.4, -0.2) is 5.91 Å². The third-order valence-electron chi connectivity index (χ3n) is 2.18. The molecule has 88 valence electrons. The summed E-state index contributed by atoms with van der Waals surface area (Å²) in [4.78, 5) is 11.9. The molecular weight excluding hydrogens is 210 g/mol. The predicted molar refractivity (Wildman–Crippen MR) is 72.8 cm³/mol. The van der Waals surface area contributed by atoms with Crippen LogP contribution in [0, 0.1) is 0 Å². The zero-order valence-corrected chi connectivity index (χ0v) is 10.2. The molecule has 2 nitrogen and oxygen atoms in total. The van der Waals surface area contributed by atoms with Gasteiger partial charge in [0, 0.05) is 11.3 Å². The van der Waals surface area contributed by atoms with Gasteiger partial charge in [-0.25, -0.2) is 0 Å². The second kappa shape index (κ2) is 7.23. The molecule has 0 saturated carbocycles. The van der Waals surface area contributed by atoms with Crippen LogP contribution in [0.15, 0.2) is 66.3 Å². The maximum atomic E-state index is 11.9. The molecule has 1 aromatic rings. The topological polar surface area (TPSA) is 29.1 Å². The molecule has 0 heterocycles. The number of rotatable bonds is 4. The van der Waals surface area contributed by atoms with E-state index in [4.69, 9.17) is 0 Å². The van der Waals surface area contributed by atoms with E-state index in [1.165, 1.54) is 0 Å². The van der Waals surface area contributed by atoms with E-state index in [-0.39, 0.29) is 5.91 Å². The van der Waals surface area contributed by atoms with Crippen molar-refractivity contribution in [2.24, 2.45) is 0 Å². The third-order valence-corrected chi connectivity index (χ3v) is 2.18. The van der Waals surface area contributed by atoms with Gasteiger partial charge >= 0.3 is 0 Å². The number of hydrogen-bond acceptors (Lipinski definition) is 1. The third kappa shape index (κ3) is 4.51. The van der Waals surface area contributed by atoms with Gasteiger partial charge in [-0.2, -0.15) is 0 Å². The maximum Gasteiger partial charge on any atom is 0.255 e. The van der Waals surface area contributed by atoms with Crippen molar-refractivity contribution in [3.8, 4) is 0 Å². The molecule has 2 heteroatoms. The van der Waals surface area contributed by atoms with Crippen LogP contribution in [0.2, 0.25) is 0 Å². The SMILES string of the molecule is C\C=C/C=C\C(=C/C)C(=O)Nc1ccccc1. The Morgan fingerprint density at radius 1 is 1.12 bits per heavy atom. The quantitative estimate of drug-likeness (QED) is 0.616. The molecular formula is C15H17NO. The molecule has 0 atom stereocenters. The van der Waals surface area contributed by atoms with E-state index in [9.17, 15) is 4.79 Å². The van der Waals surface area contributed by atoms with Gasteiger partial charge in [-0.3, -0.25) is 4.79 Å². The first-order valence-electron chi connectivity index (χ1n) is 5.60. The minimum Gasteiger partial charge on any atom is -0.322 e. The van der Waals surface area contributed by atoms with E-state index in [2.05, 4.69) is 5.32 Å². The van der Waals surface area contributed by atoms with Gasteiger partial charge in [0.25, 0.3) is 5.91 Å². The number of nitrogens with one attached hydrogen (secondary N) is 1. The van der Waals surface area contributed by atoms with Crippen LogP contribution in [0.25, 0.3) is 0 Å². The highest BCUT2D eigenvalue weighted by molar-refractivity contribution is 6.05. The van der Waals surface area contributed by atoms with Crippen molar-refractivity contribution in [2.75, 3.05) is 5.32 Å². The normalized spacial score (nSPS) is 12.2. The Kier molecular flexibility index (Phi) is 5.52. The van der Waals surface area contributed by atoms with Crippen LogP contribution in [0.3, 0.4) is 0 Å². The van der Waals surface area contributed by atoms with E-state index < -0.39 is 0 Å². The Bertz CT molecular complexity index is 441. The van der Waals surface area contributed by atoms with Crippen LogP contribution in [0.1, 0.15) is 13.8 Å².